The van der Waals surface area contributed by atoms with Gasteiger partial charge in [0, 0.05) is 60.3 Å². The number of nitrogens with one attached hydrogen (secondary N) is 4. The van der Waals surface area contributed by atoms with Gasteiger partial charge in [-0.2, -0.15) is 0 Å². The van der Waals surface area contributed by atoms with Crippen LogP contribution in [0.3, 0.4) is 0 Å². The molecule has 202 valence electrons. The summed E-state index contributed by atoms with van der Waals surface area (Å²) in [5, 5.41) is 11.1. The van der Waals surface area contributed by atoms with Crippen LogP contribution < -0.4 is 16.0 Å². The van der Waals surface area contributed by atoms with Crippen LogP contribution in [0.1, 0.15) is 69.5 Å². The van der Waals surface area contributed by atoms with Crippen LogP contribution in [-0.2, 0) is 17.8 Å². The number of hydrogen-bond acceptors (Lipinski definition) is 6. The molecule has 2 aromatic heterocycles. The smallest absolute Gasteiger partial charge is 0.280 e. The molecule has 1 aliphatic carbocycles. The molecular formula is C28H36N6O3S. The number of nitrogens with zero attached hydrogens (tertiary/aromatic N) is 2. The molecule has 4 N–H and O–H groups in total. The Balaban J connectivity index is 1.34. The zero-order valence-electron chi connectivity index (χ0n) is 22.6. The van der Waals surface area contributed by atoms with Crippen molar-refractivity contribution in [1.29, 1.82) is 0 Å². The number of hydrogen-bond donors (Lipinski definition) is 4. The summed E-state index contributed by atoms with van der Waals surface area (Å²) in [7, 11) is 3.49. The second-order valence-corrected chi connectivity index (χ2v) is 12.6. The summed E-state index contributed by atoms with van der Waals surface area (Å²) in [4.78, 5) is 49.9. The fraction of sp³-hybridized carbons (Fsp3) is 0.500. The van der Waals surface area contributed by atoms with Gasteiger partial charge in [0.2, 0.25) is 5.91 Å². The highest BCUT2D eigenvalue weighted by atomic mass is 32.1. The maximum absolute atomic E-state index is 13.4. The van der Waals surface area contributed by atoms with Crippen LogP contribution in [0.2, 0.25) is 0 Å². The van der Waals surface area contributed by atoms with Crippen LogP contribution in [-0.4, -0.2) is 64.3 Å². The van der Waals surface area contributed by atoms with E-state index in [4.69, 9.17) is 0 Å². The van der Waals surface area contributed by atoms with Crippen LogP contribution in [0, 0.1) is 12.8 Å². The highest BCUT2D eigenvalue weighted by Crippen LogP contribution is 2.30. The Morgan fingerprint density at radius 3 is 2.61 bits per heavy atom. The van der Waals surface area contributed by atoms with Gasteiger partial charge in [0.1, 0.15) is 5.69 Å². The van der Waals surface area contributed by atoms with E-state index in [2.05, 4.69) is 39.8 Å². The monoisotopic (exact) mass is 536 g/mol. The van der Waals surface area contributed by atoms with Gasteiger partial charge in [-0.05, 0) is 58.2 Å². The summed E-state index contributed by atoms with van der Waals surface area (Å²) in [5.41, 5.74) is 3.38. The van der Waals surface area contributed by atoms with E-state index >= 15 is 0 Å². The van der Waals surface area contributed by atoms with Crippen molar-refractivity contribution in [3.05, 3.63) is 51.1 Å². The predicted octanol–water partition coefficient (Wildman–Crippen LogP) is 3.14. The Morgan fingerprint density at radius 1 is 1.08 bits per heavy atom. The third-order valence-corrected chi connectivity index (χ3v) is 8.70. The molecule has 1 aliphatic heterocycles. The van der Waals surface area contributed by atoms with E-state index in [1.54, 1.807) is 19.0 Å². The fourth-order valence-electron chi connectivity index (χ4n) is 5.49. The van der Waals surface area contributed by atoms with Crippen molar-refractivity contribution in [3.63, 3.8) is 0 Å². The van der Waals surface area contributed by atoms with Crippen molar-refractivity contribution in [1.82, 2.24) is 30.8 Å². The van der Waals surface area contributed by atoms with Gasteiger partial charge in [-0.15, -0.1) is 11.3 Å². The number of aryl methyl sites for hydroxylation is 1. The molecule has 1 saturated carbocycles. The summed E-state index contributed by atoms with van der Waals surface area (Å²) in [6.45, 7) is 6.93. The first-order valence-electron chi connectivity index (χ1n) is 13.1. The van der Waals surface area contributed by atoms with Crippen molar-refractivity contribution in [2.24, 2.45) is 5.92 Å². The molecule has 3 atom stereocenters. The lowest BCUT2D eigenvalue weighted by Crippen LogP contribution is -2.56. The number of carbonyl (C=O) groups is 3. The lowest BCUT2D eigenvalue weighted by Gasteiger charge is -2.37. The first-order valence-corrected chi connectivity index (χ1v) is 14.0. The number of rotatable bonds is 5. The standard InChI is InChI=1S/C28H36N6O3S/c1-15-6-8-18-17(10-15)12-21(30-18)24(35)31-19-9-7-16(27(37)34(4)5)11-20(19)32-25(36)26-33-22-14-29-28(2,3)13-23(22)38-26/h6,8,10,12,16,19-20,29-30H,7,9,11,13-14H2,1-5H3,(H,31,35)(H,32,36)/t16-,19-,20+/m0/s1. The molecule has 5 rings (SSSR count). The van der Waals surface area contributed by atoms with Gasteiger partial charge >= 0.3 is 0 Å². The van der Waals surface area contributed by atoms with Gasteiger partial charge in [-0.1, -0.05) is 11.6 Å². The SMILES string of the molecule is Cc1ccc2[nH]c(C(=O)N[C@H]3CC[C@H](C(=O)N(C)C)C[C@H]3NC(=O)c3nc4c(s3)CC(C)(C)NC4)cc2c1. The summed E-state index contributed by atoms with van der Waals surface area (Å²) < 4.78 is 0. The minimum absolute atomic E-state index is 0.0346. The molecule has 3 amide bonds. The van der Waals surface area contributed by atoms with Crippen LogP contribution in [0.5, 0.6) is 0 Å². The lowest BCUT2D eigenvalue weighted by atomic mass is 9.81. The van der Waals surface area contributed by atoms with E-state index in [0.29, 0.717) is 36.5 Å². The van der Waals surface area contributed by atoms with Crippen molar-refractivity contribution in [2.45, 2.75) is 70.6 Å². The van der Waals surface area contributed by atoms with E-state index in [-0.39, 0.29) is 35.2 Å². The Hall–Kier alpha value is -3.24. The maximum atomic E-state index is 13.4. The maximum Gasteiger partial charge on any atom is 0.280 e. The minimum Gasteiger partial charge on any atom is -0.351 e. The molecule has 0 radical (unpaired) electrons. The predicted molar refractivity (Wildman–Crippen MR) is 148 cm³/mol. The highest BCUT2D eigenvalue weighted by molar-refractivity contribution is 7.13. The Bertz CT molecular complexity index is 1390. The van der Waals surface area contributed by atoms with Crippen LogP contribution in [0.15, 0.2) is 24.3 Å². The second kappa shape index (κ2) is 10.1. The summed E-state index contributed by atoms with van der Waals surface area (Å²) in [5.74, 6) is -0.656. The third kappa shape index (κ3) is 5.47. The van der Waals surface area contributed by atoms with E-state index in [0.717, 1.165) is 33.5 Å². The van der Waals surface area contributed by atoms with Gasteiger partial charge in [0.25, 0.3) is 11.8 Å². The number of amides is 3. The van der Waals surface area contributed by atoms with Gasteiger partial charge < -0.3 is 25.8 Å². The molecule has 3 heterocycles. The molecule has 38 heavy (non-hydrogen) atoms. The Kier molecular flexibility index (Phi) is 7.04. The van der Waals surface area contributed by atoms with Crippen molar-refractivity contribution < 1.29 is 14.4 Å². The number of aromatic nitrogens is 2. The zero-order valence-corrected chi connectivity index (χ0v) is 23.4. The van der Waals surface area contributed by atoms with Gasteiger partial charge in [-0.25, -0.2) is 4.98 Å². The van der Waals surface area contributed by atoms with Gasteiger partial charge in [0.05, 0.1) is 11.7 Å². The van der Waals surface area contributed by atoms with Crippen LogP contribution in [0.25, 0.3) is 10.9 Å². The van der Waals surface area contributed by atoms with E-state index in [1.165, 1.54) is 11.3 Å². The van der Waals surface area contributed by atoms with E-state index in [1.807, 2.05) is 31.2 Å². The Labute approximate surface area is 226 Å². The molecule has 3 aromatic rings. The summed E-state index contributed by atoms with van der Waals surface area (Å²) in [6, 6.07) is 7.16. The minimum atomic E-state index is -0.392. The number of carbonyl (C=O) groups excluding carboxylic acids is 3. The molecule has 2 aliphatic rings. The largest absolute Gasteiger partial charge is 0.351 e. The van der Waals surface area contributed by atoms with E-state index in [9.17, 15) is 14.4 Å². The number of fused-ring (bicyclic) bond motifs is 2. The average Bonchev–Trinajstić information content (AvgIpc) is 3.47. The zero-order chi connectivity index (χ0) is 27.2. The molecular weight excluding hydrogens is 500 g/mol. The van der Waals surface area contributed by atoms with Gasteiger partial charge in [-0.3, -0.25) is 14.4 Å². The number of benzene rings is 1. The van der Waals surface area contributed by atoms with Gasteiger partial charge in [0.15, 0.2) is 5.01 Å². The quantitative estimate of drug-likeness (QED) is 0.400. The number of thiazole rings is 1. The molecule has 0 bridgehead atoms. The molecule has 1 aromatic carbocycles. The molecule has 0 unspecified atom stereocenters. The Morgan fingerprint density at radius 2 is 1.84 bits per heavy atom. The summed E-state index contributed by atoms with van der Waals surface area (Å²) in [6.07, 6.45) is 2.51. The first-order chi connectivity index (χ1) is 18.0. The first kappa shape index (κ1) is 26.4. The number of H-pyrrole nitrogens is 1. The topological polar surface area (TPSA) is 119 Å². The van der Waals surface area contributed by atoms with Crippen molar-refractivity contribution in [2.75, 3.05) is 14.1 Å². The van der Waals surface area contributed by atoms with Crippen molar-refractivity contribution in [3.8, 4) is 0 Å². The molecule has 0 saturated heterocycles. The normalized spacial score (nSPS) is 22.5. The molecule has 9 nitrogen and oxygen atoms in total. The molecule has 1 fully saturated rings. The fourth-order valence-corrected chi connectivity index (χ4v) is 6.70. The van der Waals surface area contributed by atoms with E-state index < -0.39 is 6.04 Å². The molecule has 10 heteroatoms. The average molecular weight is 537 g/mol. The summed E-state index contributed by atoms with van der Waals surface area (Å²) >= 11 is 1.43. The molecule has 0 spiro atoms. The van der Waals surface area contributed by atoms with Crippen molar-refractivity contribution >= 4 is 40.0 Å². The van der Waals surface area contributed by atoms with Crippen LogP contribution in [0.4, 0.5) is 0 Å². The lowest BCUT2D eigenvalue weighted by molar-refractivity contribution is -0.134. The number of aromatic amines is 1. The second-order valence-electron chi connectivity index (χ2n) is 11.5. The highest BCUT2D eigenvalue weighted by Gasteiger charge is 2.37. The van der Waals surface area contributed by atoms with Crippen LogP contribution >= 0.6 is 11.3 Å². The third-order valence-electron chi connectivity index (χ3n) is 7.60.